The molecule has 4 aromatic rings. The standard InChI is InChI=1S/C28H26F3N7O/c1-18-8-9-19(15-32-18)16-33-27(39)26-17-38(37-36-26)10-3-2-7-24-13-22-11-21(14-25(22)35-34-24)20-5-4-6-23(12-20)28(29,30)31/h4-6,8-9,11-13,15,17H,2-3,7,10,14,16H2,1H3,(H,33,39). The fourth-order valence-electron chi connectivity index (χ4n) is 4.33. The van der Waals surface area contributed by atoms with E-state index in [1.54, 1.807) is 23.1 Å². The first-order valence-electron chi connectivity index (χ1n) is 12.6. The first-order chi connectivity index (χ1) is 18.7. The zero-order chi connectivity index (χ0) is 27.4. The molecule has 1 aliphatic carbocycles. The molecule has 0 aliphatic heterocycles. The molecule has 0 saturated heterocycles. The van der Waals surface area contributed by atoms with E-state index in [9.17, 15) is 18.0 Å². The molecule has 0 spiro atoms. The molecule has 1 aliphatic rings. The first kappa shape index (κ1) is 26.2. The second-order valence-corrected chi connectivity index (χ2v) is 9.48. The summed E-state index contributed by atoms with van der Waals surface area (Å²) in [5.74, 6) is -0.298. The SMILES string of the molecule is Cc1ccc(CNC(=O)c2cn(CCCCc3cc4c(nn3)CC(c3cccc(C(F)(F)F)c3)=C4)nn2)cn1. The van der Waals surface area contributed by atoms with Gasteiger partial charge < -0.3 is 5.32 Å². The number of allylic oxidation sites excluding steroid dienone is 1. The van der Waals surface area contributed by atoms with Gasteiger partial charge in [0.2, 0.25) is 0 Å². The summed E-state index contributed by atoms with van der Waals surface area (Å²) >= 11 is 0. The maximum Gasteiger partial charge on any atom is 0.416 e. The number of nitrogens with one attached hydrogen (secondary N) is 1. The van der Waals surface area contributed by atoms with Crippen molar-refractivity contribution in [2.45, 2.75) is 51.9 Å². The number of fused-ring (bicyclic) bond motifs is 1. The molecular formula is C28H26F3N7O. The minimum atomic E-state index is -4.38. The molecule has 0 fully saturated rings. The summed E-state index contributed by atoms with van der Waals surface area (Å²) in [7, 11) is 0. The molecule has 200 valence electrons. The number of carbonyl (C=O) groups is 1. The molecule has 0 unspecified atom stereocenters. The minimum absolute atomic E-state index is 0.253. The van der Waals surface area contributed by atoms with Crippen LogP contribution in [-0.4, -0.2) is 36.1 Å². The van der Waals surface area contributed by atoms with Gasteiger partial charge in [0, 0.05) is 37.0 Å². The third-order valence-corrected chi connectivity index (χ3v) is 6.47. The number of halogens is 3. The van der Waals surface area contributed by atoms with Gasteiger partial charge in [0.25, 0.3) is 5.91 Å². The van der Waals surface area contributed by atoms with Gasteiger partial charge in [-0.2, -0.15) is 23.4 Å². The molecule has 0 atom stereocenters. The zero-order valence-corrected chi connectivity index (χ0v) is 21.2. The van der Waals surface area contributed by atoms with Crippen molar-refractivity contribution in [1.29, 1.82) is 0 Å². The average Bonchev–Trinajstić information content (AvgIpc) is 3.57. The number of aromatic nitrogens is 6. The highest BCUT2D eigenvalue weighted by Gasteiger charge is 2.31. The van der Waals surface area contributed by atoms with Crippen LogP contribution in [0.1, 0.15) is 62.7 Å². The van der Waals surface area contributed by atoms with Gasteiger partial charge in [0.15, 0.2) is 5.69 Å². The van der Waals surface area contributed by atoms with Crippen LogP contribution in [0.2, 0.25) is 0 Å². The number of pyridine rings is 1. The Balaban J connectivity index is 1.10. The van der Waals surface area contributed by atoms with Crippen molar-refractivity contribution in [2.75, 3.05) is 0 Å². The lowest BCUT2D eigenvalue weighted by molar-refractivity contribution is -0.137. The number of hydrogen-bond donors (Lipinski definition) is 1. The second kappa shape index (κ2) is 11.1. The summed E-state index contributed by atoms with van der Waals surface area (Å²) in [4.78, 5) is 16.6. The van der Waals surface area contributed by atoms with E-state index in [0.717, 1.165) is 52.7 Å². The van der Waals surface area contributed by atoms with Gasteiger partial charge in [-0.25, -0.2) is 0 Å². The summed E-state index contributed by atoms with van der Waals surface area (Å²) in [6.07, 6.45) is 3.62. The van der Waals surface area contributed by atoms with Crippen molar-refractivity contribution in [2.24, 2.45) is 0 Å². The van der Waals surface area contributed by atoms with Crippen LogP contribution in [0.3, 0.4) is 0 Å². The van der Waals surface area contributed by atoms with Crippen molar-refractivity contribution in [1.82, 2.24) is 35.5 Å². The number of aryl methyl sites for hydroxylation is 3. The van der Waals surface area contributed by atoms with Gasteiger partial charge >= 0.3 is 6.18 Å². The van der Waals surface area contributed by atoms with Crippen LogP contribution in [0.4, 0.5) is 13.2 Å². The second-order valence-electron chi connectivity index (χ2n) is 9.48. The van der Waals surface area contributed by atoms with Crippen LogP contribution < -0.4 is 5.32 Å². The average molecular weight is 534 g/mol. The highest BCUT2D eigenvalue weighted by Crippen LogP contribution is 2.34. The van der Waals surface area contributed by atoms with Crippen LogP contribution >= 0.6 is 0 Å². The number of amides is 1. The van der Waals surface area contributed by atoms with Gasteiger partial charge in [-0.3, -0.25) is 14.5 Å². The third kappa shape index (κ3) is 6.54. The maximum atomic E-state index is 13.1. The molecule has 0 bridgehead atoms. The van der Waals surface area contributed by atoms with E-state index in [-0.39, 0.29) is 11.6 Å². The Morgan fingerprint density at radius 3 is 2.74 bits per heavy atom. The number of nitrogens with zero attached hydrogens (tertiary/aromatic N) is 6. The lowest BCUT2D eigenvalue weighted by Gasteiger charge is -2.09. The fourth-order valence-corrected chi connectivity index (χ4v) is 4.33. The molecule has 1 aromatic carbocycles. The Morgan fingerprint density at radius 1 is 1.08 bits per heavy atom. The van der Waals surface area contributed by atoms with Crippen molar-refractivity contribution in [3.05, 3.63) is 99.9 Å². The largest absolute Gasteiger partial charge is 0.416 e. The molecule has 39 heavy (non-hydrogen) atoms. The number of rotatable bonds is 9. The van der Waals surface area contributed by atoms with E-state index in [2.05, 4.69) is 30.8 Å². The van der Waals surface area contributed by atoms with Crippen molar-refractivity contribution < 1.29 is 18.0 Å². The number of carbonyl (C=O) groups excluding carboxylic acids is 1. The van der Waals surface area contributed by atoms with E-state index >= 15 is 0 Å². The van der Waals surface area contributed by atoms with E-state index in [1.165, 1.54) is 12.1 Å². The Kier molecular flexibility index (Phi) is 7.49. The highest BCUT2D eigenvalue weighted by atomic mass is 19.4. The summed E-state index contributed by atoms with van der Waals surface area (Å²) in [6.45, 7) is 2.86. The Morgan fingerprint density at radius 2 is 1.95 bits per heavy atom. The molecule has 0 radical (unpaired) electrons. The van der Waals surface area contributed by atoms with Gasteiger partial charge in [0.05, 0.1) is 23.1 Å². The van der Waals surface area contributed by atoms with Crippen molar-refractivity contribution in [3.8, 4) is 0 Å². The topological polar surface area (TPSA) is 98.5 Å². The fraction of sp³-hybridized carbons (Fsp3) is 0.286. The Labute approximate surface area is 223 Å². The molecule has 11 heteroatoms. The molecule has 8 nitrogen and oxygen atoms in total. The van der Waals surface area contributed by atoms with Crippen LogP contribution in [-0.2, 0) is 32.1 Å². The molecule has 3 aromatic heterocycles. The Bertz CT molecular complexity index is 1510. The lowest BCUT2D eigenvalue weighted by Crippen LogP contribution is -2.23. The van der Waals surface area contributed by atoms with Crippen LogP contribution in [0.15, 0.2) is 54.9 Å². The molecule has 3 heterocycles. The van der Waals surface area contributed by atoms with Gasteiger partial charge in [0.1, 0.15) is 0 Å². The number of alkyl halides is 3. The van der Waals surface area contributed by atoms with E-state index in [4.69, 9.17) is 0 Å². The zero-order valence-electron chi connectivity index (χ0n) is 21.2. The minimum Gasteiger partial charge on any atom is -0.346 e. The Hall–Kier alpha value is -4.41. The van der Waals surface area contributed by atoms with Gasteiger partial charge in [-0.15, -0.1) is 5.10 Å². The van der Waals surface area contributed by atoms with Gasteiger partial charge in [-0.05, 0) is 73.2 Å². The quantitative estimate of drug-likeness (QED) is 0.309. The normalized spacial score (nSPS) is 12.8. The number of hydrogen-bond acceptors (Lipinski definition) is 6. The van der Waals surface area contributed by atoms with Crippen molar-refractivity contribution in [3.63, 3.8) is 0 Å². The van der Waals surface area contributed by atoms with E-state index in [1.807, 2.05) is 31.2 Å². The monoisotopic (exact) mass is 533 g/mol. The summed E-state index contributed by atoms with van der Waals surface area (Å²) in [5, 5.41) is 19.4. The molecular weight excluding hydrogens is 507 g/mol. The van der Waals surface area contributed by atoms with Crippen LogP contribution in [0.5, 0.6) is 0 Å². The van der Waals surface area contributed by atoms with Crippen LogP contribution in [0.25, 0.3) is 11.6 Å². The highest BCUT2D eigenvalue weighted by molar-refractivity contribution is 5.91. The predicted molar refractivity (Wildman–Crippen MR) is 138 cm³/mol. The molecule has 0 saturated carbocycles. The van der Waals surface area contributed by atoms with E-state index in [0.29, 0.717) is 31.5 Å². The summed E-state index contributed by atoms with van der Waals surface area (Å²) in [5.41, 5.74) is 5.21. The van der Waals surface area contributed by atoms with Crippen LogP contribution in [0, 0.1) is 6.92 Å². The predicted octanol–water partition coefficient (Wildman–Crippen LogP) is 4.84. The number of benzene rings is 1. The maximum absolute atomic E-state index is 13.1. The van der Waals surface area contributed by atoms with Gasteiger partial charge in [-0.1, -0.05) is 23.4 Å². The molecule has 1 N–H and O–H groups in total. The lowest BCUT2D eigenvalue weighted by atomic mass is 10.0. The molecule has 5 rings (SSSR count). The molecule has 1 amide bonds. The van der Waals surface area contributed by atoms with Crippen molar-refractivity contribution >= 4 is 17.6 Å². The smallest absolute Gasteiger partial charge is 0.346 e. The summed E-state index contributed by atoms with van der Waals surface area (Å²) in [6, 6.07) is 11.1. The van der Waals surface area contributed by atoms with E-state index < -0.39 is 11.7 Å². The summed E-state index contributed by atoms with van der Waals surface area (Å²) < 4.78 is 40.9. The third-order valence-electron chi connectivity index (χ3n) is 6.47. The number of unbranched alkanes of at least 4 members (excludes halogenated alkanes) is 1. The first-order valence-corrected chi connectivity index (χ1v) is 12.6.